The van der Waals surface area contributed by atoms with E-state index in [0.29, 0.717) is 16.7 Å². The number of hydrogen-bond donors (Lipinski definition) is 2. The summed E-state index contributed by atoms with van der Waals surface area (Å²) in [5.74, 6) is -0.0171. The molecule has 82 valence electrons. The first-order valence-corrected chi connectivity index (χ1v) is 4.68. The second-order valence-electron chi connectivity index (χ2n) is 2.96. The molecule has 1 aromatic rings. The Morgan fingerprint density at radius 2 is 2.33 bits per heavy atom. The van der Waals surface area contributed by atoms with Gasteiger partial charge in [0.1, 0.15) is 11.2 Å². The summed E-state index contributed by atoms with van der Waals surface area (Å²) in [5.41, 5.74) is 6.07. The van der Waals surface area contributed by atoms with Gasteiger partial charge in [-0.2, -0.15) is 0 Å². The van der Waals surface area contributed by atoms with Gasteiger partial charge in [0, 0.05) is 0 Å². The number of rotatable bonds is 3. The highest BCUT2D eigenvalue weighted by molar-refractivity contribution is 6.29. The lowest BCUT2D eigenvalue weighted by molar-refractivity contribution is -0.141. The minimum absolute atomic E-state index is 0.309. The van der Waals surface area contributed by atoms with Crippen LogP contribution >= 0.6 is 11.6 Å². The van der Waals surface area contributed by atoms with Crippen molar-refractivity contribution in [1.82, 2.24) is 4.98 Å². The van der Waals surface area contributed by atoms with E-state index >= 15 is 0 Å². The molecule has 15 heavy (non-hydrogen) atoms. The summed E-state index contributed by atoms with van der Waals surface area (Å²) in [6.07, 6.45) is 0. The number of nitrogens with two attached hydrogens (primary N) is 1. The second kappa shape index (κ2) is 4.84. The summed E-state index contributed by atoms with van der Waals surface area (Å²) in [6, 6.07) is 2.66. The van der Waals surface area contributed by atoms with Gasteiger partial charge in [-0.25, -0.2) is 9.78 Å². The number of halogens is 1. The first-order valence-electron chi connectivity index (χ1n) is 4.31. The molecule has 3 N–H and O–H groups in total. The summed E-state index contributed by atoms with van der Waals surface area (Å²) >= 11 is 5.69. The summed E-state index contributed by atoms with van der Waals surface area (Å²) < 4.78 is 4.55. The molecule has 0 aliphatic heterocycles. The molecule has 0 saturated carbocycles. The number of hydrogen-bond acceptors (Lipinski definition) is 5. The number of ether oxygens (including phenoxy) is 1. The number of aromatic nitrogens is 1. The smallest absolute Gasteiger partial charge is 0.328 e. The van der Waals surface area contributed by atoms with Gasteiger partial charge in [-0.05, 0) is 19.1 Å². The quantitative estimate of drug-likeness (QED) is 0.603. The van der Waals surface area contributed by atoms with Crippen molar-refractivity contribution in [2.75, 3.05) is 18.2 Å². The molecular formula is C9H12ClN3O2. The normalized spacial score (nSPS) is 11.9. The molecule has 0 aliphatic rings. The zero-order chi connectivity index (χ0) is 11.4. The number of pyridine rings is 1. The van der Waals surface area contributed by atoms with Crippen LogP contribution in [0.25, 0.3) is 0 Å². The maximum absolute atomic E-state index is 11.1. The van der Waals surface area contributed by atoms with Gasteiger partial charge in [0.15, 0.2) is 5.82 Å². The molecule has 6 heteroatoms. The van der Waals surface area contributed by atoms with Crippen molar-refractivity contribution in [2.24, 2.45) is 0 Å². The van der Waals surface area contributed by atoms with E-state index in [9.17, 15) is 4.79 Å². The van der Waals surface area contributed by atoms with Crippen LogP contribution in [-0.2, 0) is 9.53 Å². The monoisotopic (exact) mass is 229 g/mol. The van der Waals surface area contributed by atoms with Gasteiger partial charge in [0.05, 0.1) is 12.8 Å². The Balaban J connectivity index is 2.80. The van der Waals surface area contributed by atoms with E-state index < -0.39 is 12.0 Å². The number of esters is 1. The molecule has 1 unspecified atom stereocenters. The number of nitrogens with zero attached hydrogens (tertiary/aromatic N) is 1. The molecule has 1 heterocycles. The summed E-state index contributed by atoms with van der Waals surface area (Å²) in [6.45, 7) is 1.65. The predicted molar refractivity (Wildman–Crippen MR) is 58.8 cm³/mol. The molecule has 1 atom stereocenters. The fourth-order valence-corrected chi connectivity index (χ4v) is 1.15. The number of carbonyl (C=O) groups is 1. The average molecular weight is 230 g/mol. The molecule has 0 radical (unpaired) electrons. The van der Waals surface area contributed by atoms with E-state index in [0.717, 1.165) is 0 Å². The van der Waals surface area contributed by atoms with Gasteiger partial charge in [-0.15, -0.1) is 0 Å². The SMILES string of the molecule is COC(=O)C(C)Nc1nc(Cl)ccc1N. The fourth-order valence-electron chi connectivity index (χ4n) is 1.00. The van der Waals surface area contributed by atoms with Crippen LogP contribution in [0.2, 0.25) is 5.15 Å². The van der Waals surface area contributed by atoms with Crippen LogP contribution in [0.3, 0.4) is 0 Å². The van der Waals surface area contributed by atoms with E-state index in [-0.39, 0.29) is 0 Å². The topological polar surface area (TPSA) is 77.2 Å². The number of anilines is 2. The van der Waals surface area contributed by atoms with Crippen molar-refractivity contribution >= 4 is 29.1 Å². The van der Waals surface area contributed by atoms with Crippen LogP contribution in [0.15, 0.2) is 12.1 Å². The van der Waals surface area contributed by atoms with Crippen LogP contribution < -0.4 is 11.1 Å². The van der Waals surface area contributed by atoms with Gasteiger partial charge in [-0.3, -0.25) is 0 Å². The summed E-state index contributed by atoms with van der Waals surface area (Å²) in [4.78, 5) is 15.1. The summed E-state index contributed by atoms with van der Waals surface area (Å²) in [5, 5.41) is 3.12. The zero-order valence-corrected chi connectivity index (χ0v) is 9.21. The number of methoxy groups -OCH3 is 1. The van der Waals surface area contributed by atoms with Gasteiger partial charge >= 0.3 is 5.97 Å². The third kappa shape index (κ3) is 2.99. The minimum Gasteiger partial charge on any atom is -0.467 e. The van der Waals surface area contributed by atoms with Gasteiger partial charge < -0.3 is 15.8 Å². The molecule has 1 aromatic heterocycles. The maximum Gasteiger partial charge on any atom is 0.328 e. The van der Waals surface area contributed by atoms with E-state index in [1.807, 2.05) is 0 Å². The Hall–Kier alpha value is -1.49. The largest absolute Gasteiger partial charge is 0.467 e. The van der Waals surface area contributed by atoms with Crippen LogP contribution in [0.1, 0.15) is 6.92 Å². The Labute approximate surface area is 92.6 Å². The first-order chi connectivity index (χ1) is 7.04. The lowest BCUT2D eigenvalue weighted by Crippen LogP contribution is -2.28. The van der Waals surface area contributed by atoms with Crippen LogP contribution in [0.4, 0.5) is 11.5 Å². The van der Waals surface area contributed by atoms with Gasteiger partial charge in [-0.1, -0.05) is 11.6 Å². The van der Waals surface area contributed by atoms with E-state index in [1.54, 1.807) is 19.1 Å². The molecule has 0 aromatic carbocycles. The lowest BCUT2D eigenvalue weighted by atomic mass is 10.3. The number of nitrogen functional groups attached to an aromatic ring is 1. The second-order valence-corrected chi connectivity index (χ2v) is 3.35. The highest BCUT2D eigenvalue weighted by Gasteiger charge is 2.14. The van der Waals surface area contributed by atoms with E-state index in [2.05, 4.69) is 15.0 Å². The van der Waals surface area contributed by atoms with Gasteiger partial charge in [0.25, 0.3) is 0 Å². The molecular weight excluding hydrogens is 218 g/mol. The Bertz CT molecular complexity index is 370. The van der Waals surface area contributed by atoms with Crippen LogP contribution in [0.5, 0.6) is 0 Å². The fraction of sp³-hybridized carbons (Fsp3) is 0.333. The van der Waals surface area contributed by atoms with E-state index in [1.165, 1.54) is 7.11 Å². The molecule has 5 nitrogen and oxygen atoms in total. The Morgan fingerprint density at radius 3 is 2.93 bits per heavy atom. The third-order valence-corrected chi connectivity index (χ3v) is 2.01. The van der Waals surface area contributed by atoms with E-state index in [4.69, 9.17) is 17.3 Å². The molecule has 0 aliphatic carbocycles. The molecule has 0 amide bonds. The van der Waals surface area contributed by atoms with Crippen molar-refractivity contribution in [3.05, 3.63) is 17.3 Å². The Morgan fingerprint density at radius 1 is 1.67 bits per heavy atom. The van der Waals surface area contributed by atoms with Crippen molar-refractivity contribution in [2.45, 2.75) is 13.0 Å². The lowest BCUT2D eigenvalue weighted by Gasteiger charge is -2.13. The predicted octanol–water partition coefficient (Wildman–Crippen LogP) is 1.29. The van der Waals surface area contributed by atoms with Gasteiger partial charge in [0.2, 0.25) is 0 Å². The minimum atomic E-state index is -0.525. The van der Waals surface area contributed by atoms with Crippen molar-refractivity contribution in [1.29, 1.82) is 0 Å². The standard InChI is InChI=1S/C9H12ClN3O2/c1-5(9(14)15-2)12-8-6(11)3-4-7(10)13-8/h3-5H,11H2,1-2H3,(H,12,13). The molecule has 0 bridgehead atoms. The van der Waals surface area contributed by atoms with Crippen LogP contribution in [-0.4, -0.2) is 24.1 Å². The molecule has 0 saturated heterocycles. The Kier molecular flexibility index (Phi) is 3.74. The molecule has 0 spiro atoms. The number of nitrogens with one attached hydrogen (secondary N) is 1. The average Bonchev–Trinajstić information content (AvgIpc) is 2.22. The maximum atomic E-state index is 11.1. The van der Waals surface area contributed by atoms with Crippen molar-refractivity contribution < 1.29 is 9.53 Å². The van der Waals surface area contributed by atoms with Crippen LogP contribution in [0, 0.1) is 0 Å². The third-order valence-electron chi connectivity index (χ3n) is 1.80. The van der Waals surface area contributed by atoms with Crippen molar-refractivity contribution in [3.63, 3.8) is 0 Å². The zero-order valence-electron chi connectivity index (χ0n) is 8.45. The number of carbonyl (C=O) groups excluding carboxylic acids is 1. The molecule has 1 rings (SSSR count). The summed E-state index contributed by atoms with van der Waals surface area (Å²) in [7, 11) is 1.31. The highest BCUT2D eigenvalue weighted by atomic mass is 35.5. The highest BCUT2D eigenvalue weighted by Crippen LogP contribution is 2.19. The first kappa shape index (κ1) is 11.6. The van der Waals surface area contributed by atoms with Crippen molar-refractivity contribution in [3.8, 4) is 0 Å². The molecule has 0 fully saturated rings.